The molecule has 3 unspecified atom stereocenters. The second-order valence-corrected chi connectivity index (χ2v) is 10.5. The van der Waals surface area contributed by atoms with Crippen molar-refractivity contribution in [2.24, 2.45) is 18.9 Å². The molecule has 2 fully saturated rings. The fourth-order valence-electron chi connectivity index (χ4n) is 5.06. The van der Waals surface area contributed by atoms with E-state index >= 15 is 0 Å². The number of rotatable bonds is 5. The molecule has 3 atom stereocenters. The fourth-order valence-corrected chi connectivity index (χ4v) is 6.23. The Kier molecular flexibility index (Phi) is 13.1. The van der Waals surface area contributed by atoms with Crippen molar-refractivity contribution in [3.63, 3.8) is 0 Å². The average molecular weight is 530 g/mol. The molecule has 0 bridgehead atoms. The molecule has 1 heterocycles. The van der Waals surface area contributed by atoms with Crippen LogP contribution in [0.25, 0.3) is 0 Å². The Hall–Kier alpha value is -1.77. The van der Waals surface area contributed by atoms with Gasteiger partial charge in [-0.25, -0.2) is 9.37 Å². The molecule has 2 aliphatic carbocycles. The number of aliphatic hydroxyl groups is 1. The number of aryl methyl sites for hydroxylation is 1. The summed E-state index contributed by atoms with van der Waals surface area (Å²) in [4.78, 5) is 15.6. The molecule has 6 nitrogen and oxygen atoms in total. The number of anilines is 1. The maximum atomic E-state index is 12.5. The highest BCUT2D eigenvalue weighted by atomic mass is 35.5. The van der Waals surface area contributed by atoms with Crippen LogP contribution in [0.3, 0.4) is 0 Å². The molecular formula is C26H41ClFN3O3S. The third kappa shape index (κ3) is 8.40. The summed E-state index contributed by atoms with van der Waals surface area (Å²) in [6.07, 6.45) is 7.65. The van der Waals surface area contributed by atoms with E-state index in [9.17, 15) is 18.5 Å². The minimum Gasteiger partial charge on any atom is -0.389 e. The molecule has 1 aromatic heterocycles. The van der Waals surface area contributed by atoms with E-state index in [-0.39, 0.29) is 10.8 Å². The summed E-state index contributed by atoms with van der Waals surface area (Å²) in [5.41, 5.74) is 1.64. The molecule has 9 heteroatoms. The van der Waals surface area contributed by atoms with Crippen molar-refractivity contribution in [2.75, 3.05) is 24.4 Å². The Labute approximate surface area is 217 Å². The number of imidazole rings is 1. The minimum absolute atomic E-state index is 0.145. The number of fused-ring (bicyclic) bond motifs is 1. The summed E-state index contributed by atoms with van der Waals surface area (Å²) >= 11 is 5.48. The van der Waals surface area contributed by atoms with E-state index in [0.29, 0.717) is 29.2 Å². The highest BCUT2D eigenvalue weighted by Gasteiger charge is 2.49. The van der Waals surface area contributed by atoms with Gasteiger partial charge in [-0.15, -0.1) is 0 Å². The molecule has 35 heavy (non-hydrogen) atoms. The van der Waals surface area contributed by atoms with Crippen molar-refractivity contribution in [3.05, 3.63) is 46.8 Å². The van der Waals surface area contributed by atoms with Gasteiger partial charge in [0.25, 0.3) is 0 Å². The fraction of sp³-hybridized carbons (Fsp3) is 0.615. The number of hydrogen-bond acceptors (Lipinski definition) is 5. The van der Waals surface area contributed by atoms with Gasteiger partial charge in [0.2, 0.25) is 0 Å². The number of nitrogens with zero attached hydrogens (tertiary/aromatic N) is 2. The number of halogens is 2. The molecule has 0 saturated heterocycles. The van der Waals surface area contributed by atoms with Crippen LogP contribution in [0.4, 0.5) is 10.1 Å². The lowest BCUT2D eigenvalue weighted by atomic mass is 9.93. The van der Waals surface area contributed by atoms with E-state index in [1.807, 2.05) is 34.7 Å². The molecule has 4 rings (SSSR count). The van der Waals surface area contributed by atoms with E-state index in [2.05, 4.69) is 10.3 Å². The van der Waals surface area contributed by atoms with Crippen LogP contribution in [-0.2, 0) is 17.8 Å². The first-order valence-electron chi connectivity index (χ1n) is 12.3. The van der Waals surface area contributed by atoms with Crippen LogP contribution in [-0.4, -0.2) is 49.8 Å². The van der Waals surface area contributed by atoms with Crippen molar-refractivity contribution >= 4 is 34.4 Å². The van der Waals surface area contributed by atoms with Crippen LogP contribution in [0.2, 0.25) is 5.02 Å². The Morgan fingerprint density at radius 2 is 1.83 bits per heavy atom. The SMILES string of the molecule is CC.CC.CNc1ccc(F)c(Cl)c1.Cn1cnc(C2CC3CC(O)(CS(C)=O)CC3C2)c1C=O. The highest BCUT2D eigenvalue weighted by molar-refractivity contribution is 7.84. The summed E-state index contributed by atoms with van der Waals surface area (Å²) in [6, 6.07) is 4.49. The summed E-state index contributed by atoms with van der Waals surface area (Å²) in [6.45, 7) is 8.00. The van der Waals surface area contributed by atoms with E-state index in [4.69, 9.17) is 11.6 Å². The molecule has 2 N–H and O–H groups in total. The number of aromatic nitrogens is 2. The normalized spacial score (nSPS) is 25.0. The molecule has 198 valence electrons. The van der Waals surface area contributed by atoms with Gasteiger partial charge in [-0.2, -0.15) is 0 Å². The zero-order chi connectivity index (χ0) is 26.8. The highest BCUT2D eigenvalue weighted by Crippen LogP contribution is 2.53. The number of hydrogen-bond donors (Lipinski definition) is 2. The van der Waals surface area contributed by atoms with Crippen molar-refractivity contribution in [1.82, 2.24) is 9.55 Å². The van der Waals surface area contributed by atoms with Gasteiger partial charge in [0.15, 0.2) is 6.29 Å². The molecule has 2 saturated carbocycles. The second-order valence-electron chi connectivity index (χ2n) is 8.66. The first-order chi connectivity index (χ1) is 16.7. The number of benzene rings is 1. The van der Waals surface area contributed by atoms with Gasteiger partial charge >= 0.3 is 0 Å². The third-order valence-corrected chi connectivity index (χ3v) is 7.55. The molecule has 2 aliphatic rings. The number of nitrogens with one attached hydrogen (secondary N) is 1. The number of carbonyl (C=O) groups is 1. The van der Waals surface area contributed by atoms with Crippen LogP contribution < -0.4 is 5.32 Å². The molecule has 0 amide bonds. The lowest BCUT2D eigenvalue weighted by molar-refractivity contribution is 0.0622. The van der Waals surface area contributed by atoms with Crippen molar-refractivity contribution in [3.8, 4) is 0 Å². The van der Waals surface area contributed by atoms with Crippen molar-refractivity contribution in [2.45, 2.75) is 64.9 Å². The topological polar surface area (TPSA) is 84.2 Å². The summed E-state index contributed by atoms with van der Waals surface area (Å²) in [5, 5.41) is 13.5. The van der Waals surface area contributed by atoms with Gasteiger partial charge in [-0.3, -0.25) is 9.00 Å². The molecule has 0 radical (unpaired) electrons. The van der Waals surface area contributed by atoms with Gasteiger partial charge in [-0.05, 0) is 55.7 Å². The van der Waals surface area contributed by atoms with Crippen LogP contribution >= 0.6 is 11.6 Å². The Morgan fingerprint density at radius 3 is 2.29 bits per heavy atom. The van der Waals surface area contributed by atoms with Gasteiger partial charge in [0.1, 0.15) is 11.5 Å². The first kappa shape index (κ1) is 31.3. The predicted octanol–water partition coefficient (Wildman–Crippen LogP) is 5.82. The van der Waals surface area contributed by atoms with Crippen LogP contribution in [0, 0.1) is 17.7 Å². The maximum Gasteiger partial charge on any atom is 0.168 e. The smallest absolute Gasteiger partial charge is 0.168 e. The Balaban J connectivity index is 0.000000368. The number of carbonyl (C=O) groups excluding carboxylic acids is 1. The quantitative estimate of drug-likeness (QED) is 0.477. The second kappa shape index (κ2) is 14.7. The van der Waals surface area contributed by atoms with Crippen molar-refractivity contribution < 1.29 is 18.5 Å². The first-order valence-corrected chi connectivity index (χ1v) is 14.4. The molecule has 0 spiro atoms. The molecule has 2 aromatic rings. The molecule has 1 aromatic carbocycles. The van der Waals surface area contributed by atoms with Crippen LogP contribution in [0.15, 0.2) is 24.5 Å². The lowest BCUT2D eigenvalue weighted by Gasteiger charge is -2.23. The lowest BCUT2D eigenvalue weighted by Crippen LogP contribution is -2.32. The Morgan fingerprint density at radius 1 is 1.26 bits per heavy atom. The monoisotopic (exact) mass is 529 g/mol. The van der Waals surface area contributed by atoms with E-state index in [0.717, 1.165) is 43.4 Å². The molecular weight excluding hydrogens is 489 g/mol. The largest absolute Gasteiger partial charge is 0.389 e. The minimum atomic E-state index is -0.961. The summed E-state index contributed by atoms with van der Waals surface area (Å²) < 4.78 is 25.6. The van der Waals surface area contributed by atoms with Gasteiger partial charge in [-0.1, -0.05) is 39.3 Å². The third-order valence-electron chi connectivity index (χ3n) is 6.32. The van der Waals surface area contributed by atoms with E-state index in [1.54, 1.807) is 30.3 Å². The van der Waals surface area contributed by atoms with E-state index < -0.39 is 16.4 Å². The van der Waals surface area contributed by atoms with Crippen LogP contribution in [0.5, 0.6) is 0 Å². The Bertz CT molecular complexity index is 955. The van der Waals surface area contributed by atoms with Gasteiger partial charge in [0, 0.05) is 42.8 Å². The zero-order valence-electron chi connectivity index (χ0n) is 22.0. The summed E-state index contributed by atoms with van der Waals surface area (Å²) in [7, 11) is 2.63. The van der Waals surface area contributed by atoms with Gasteiger partial charge < -0.3 is 15.0 Å². The molecule has 0 aliphatic heterocycles. The van der Waals surface area contributed by atoms with Crippen molar-refractivity contribution in [1.29, 1.82) is 0 Å². The number of aldehydes is 1. The predicted molar refractivity (Wildman–Crippen MR) is 144 cm³/mol. The summed E-state index contributed by atoms with van der Waals surface area (Å²) in [5.74, 6) is 1.24. The standard InChI is InChI=1S/C15H22N2O3S.C7H7ClFN.2C2H6/c1-17-9-16-14(13(17)7-18)10-3-11-5-15(19,8-21(2)20)6-12(11)4-10;1-10-5-2-3-7(9)6(8)4-5;2*1-2/h7,9-12,19H,3-6,8H2,1-2H3;2-4,10H,1H3;2*1-2H3. The van der Waals surface area contributed by atoms with Gasteiger partial charge in [0.05, 0.1) is 28.4 Å². The zero-order valence-corrected chi connectivity index (χ0v) is 23.5. The van der Waals surface area contributed by atoms with Crippen LogP contribution in [0.1, 0.15) is 75.5 Å². The van der Waals surface area contributed by atoms with E-state index in [1.165, 1.54) is 12.1 Å². The average Bonchev–Trinajstić information content (AvgIpc) is 3.48. The maximum absolute atomic E-state index is 12.5.